The minimum atomic E-state index is -1.05. The maximum atomic E-state index is 14.9. The molecule has 198 valence electrons. The smallest absolute Gasteiger partial charge is 0.341 e. The normalized spacial score (nSPS) is 15.2. The Labute approximate surface area is 228 Å². The quantitative estimate of drug-likeness (QED) is 0.237. The molecule has 0 spiro atoms. The van der Waals surface area contributed by atoms with Gasteiger partial charge in [-0.3, -0.25) is 0 Å². The summed E-state index contributed by atoms with van der Waals surface area (Å²) < 4.78 is 26.5. The topological polar surface area (TPSA) is 59.0 Å². The van der Waals surface area contributed by atoms with Crippen molar-refractivity contribution < 1.29 is 23.8 Å². The summed E-state index contributed by atoms with van der Waals surface area (Å²) in [7, 11) is 0. The predicted octanol–water partition coefficient (Wildman–Crippen LogP) is 7.74. The molecule has 0 fully saturated rings. The van der Waals surface area contributed by atoms with Crippen LogP contribution < -0.4 is 14.4 Å². The van der Waals surface area contributed by atoms with Gasteiger partial charge in [0.1, 0.15) is 23.3 Å². The van der Waals surface area contributed by atoms with Gasteiger partial charge in [0.15, 0.2) is 12.4 Å². The number of carboxylic acid groups (broad SMARTS) is 1. The molecule has 2 atom stereocenters. The zero-order valence-corrected chi connectivity index (χ0v) is 22.0. The van der Waals surface area contributed by atoms with Gasteiger partial charge < -0.3 is 19.5 Å². The van der Waals surface area contributed by atoms with Gasteiger partial charge in [0.25, 0.3) is 0 Å². The number of nitrogens with zero attached hydrogens (tertiary/aromatic N) is 1. The molecule has 5 rings (SSSR count). The van der Waals surface area contributed by atoms with E-state index >= 15 is 0 Å². The van der Waals surface area contributed by atoms with Crippen molar-refractivity contribution in [2.24, 2.45) is 0 Å². The fraction of sp³-hybridized carbons (Fsp3) is 0.258. The van der Waals surface area contributed by atoms with E-state index in [1.54, 1.807) is 30.3 Å². The molecule has 5 nitrogen and oxygen atoms in total. The van der Waals surface area contributed by atoms with Gasteiger partial charge in [0.05, 0.1) is 6.54 Å². The molecule has 0 saturated carbocycles. The molecule has 4 aromatic rings. The number of anilines is 2. The number of fused-ring (bicyclic) bond motifs is 2. The van der Waals surface area contributed by atoms with E-state index in [-0.39, 0.29) is 24.3 Å². The van der Waals surface area contributed by atoms with Crippen LogP contribution >= 0.6 is 12.4 Å². The van der Waals surface area contributed by atoms with Crippen LogP contribution in [0.25, 0.3) is 10.8 Å². The van der Waals surface area contributed by atoms with Crippen LogP contribution in [-0.4, -0.2) is 30.3 Å². The molecule has 0 aliphatic carbocycles. The van der Waals surface area contributed by atoms with Gasteiger partial charge in [-0.25, -0.2) is 9.18 Å². The van der Waals surface area contributed by atoms with E-state index in [1.165, 1.54) is 22.4 Å². The SMILES string of the molecule is C[C@@H](CCCC1CN(c2cccc(OCC(=O)O)c2)c2c(F)cccc2O1)c1cccc2ccccc12.Cl. The second-order valence-corrected chi connectivity index (χ2v) is 9.52. The maximum Gasteiger partial charge on any atom is 0.341 e. The third kappa shape index (κ3) is 6.03. The van der Waals surface area contributed by atoms with Crippen molar-refractivity contribution >= 4 is 40.5 Å². The highest BCUT2D eigenvalue weighted by Gasteiger charge is 2.29. The average molecular weight is 536 g/mol. The Morgan fingerprint density at radius 2 is 1.84 bits per heavy atom. The Morgan fingerprint density at radius 3 is 2.68 bits per heavy atom. The van der Waals surface area contributed by atoms with Gasteiger partial charge in [-0.15, -0.1) is 12.4 Å². The zero-order chi connectivity index (χ0) is 25.8. The first-order chi connectivity index (χ1) is 18.0. The van der Waals surface area contributed by atoms with Crippen LogP contribution in [0.4, 0.5) is 15.8 Å². The fourth-order valence-electron chi connectivity index (χ4n) is 5.12. The van der Waals surface area contributed by atoms with Crippen LogP contribution in [0.5, 0.6) is 11.5 Å². The molecule has 7 heteroatoms. The van der Waals surface area contributed by atoms with E-state index < -0.39 is 12.6 Å². The number of benzene rings is 4. The van der Waals surface area contributed by atoms with Crippen molar-refractivity contribution in [3.05, 3.63) is 96.3 Å². The molecule has 1 heterocycles. The highest BCUT2D eigenvalue weighted by atomic mass is 35.5. The largest absolute Gasteiger partial charge is 0.486 e. The summed E-state index contributed by atoms with van der Waals surface area (Å²) in [6, 6.07) is 26.9. The lowest BCUT2D eigenvalue weighted by atomic mass is 9.90. The minimum Gasteiger partial charge on any atom is -0.486 e. The second-order valence-electron chi connectivity index (χ2n) is 9.52. The lowest BCUT2D eigenvalue weighted by molar-refractivity contribution is -0.139. The lowest BCUT2D eigenvalue weighted by Crippen LogP contribution is -2.38. The van der Waals surface area contributed by atoms with Crippen LogP contribution in [0.2, 0.25) is 0 Å². The van der Waals surface area contributed by atoms with Crippen LogP contribution in [0.15, 0.2) is 84.9 Å². The third-order valence-corrected chi connectivity index (χ3v) is 6.91. The summed E-state index contributed by atoms with van der Waals surface area (Å²) in [5.41, 5.74) is 2.47. The van der Waals surface area contributed by atoms with Crippen molar-refractivity contribution in [3.63, 3.8) is 0 Å². The summed E-state index contributed by atoms with van der Waals surface area (Å²) in [4.78, 5) is 12.8. The van der Waals surface area contributed by atoms with E-state index in [0.717, 1.165) is 24.9 Å². The first-order valence-electron chi connectivity index (χ1n) is 12.6. The van der Waals surface area contributed by atoms with Crippen LogP contribution in [0.1, 0.15) is 37.7 Å². The van der Waals surface area contributed by atoms with Crippen molar-refractivity contribution in [2.45, 2.75) is 38.2 Å². The van der Waals surface area contributed by atoms with E-state index in [2.05, 4.69) is 49.4 Å². The second kappa shape index (κ2) is 12.2. The van der Waals surface area contributed by atoms with Crippen molar-refractivity contribution in [1.82, 2.24) is 0 Å². The molecule has 38 heavy (non-hydrogen) atoms. The lowest BCUT2D eigenvalue weighted by Gasteiger charge is -2.36. The predicted molar refractivity (Wildman–Crippen MR) is 151 cm³/mol. The highest BCUT2D eigenvalue weighted by Crippen LogP contribution is 2.42. The molecule has 0 radical (unpaired) electrons. The first kappa shape index (κ1) is 27.3. The molecular formula is C31H31ClFNO4. The fourth-order valence-corrected chi connectivity index (χ4v) is 5.12. The summed E-state index contributed by atoms with van der Waals surface area (Å²) in [6.45, 7) is 2.32. The summed E-state index contributed by atoms with van der Waals surface area (Å²) in [5.74, 6) is -0.0816. The number of rotatable bonds is 9. The number of hydrogen-bond donors (Lipinski definition) is 1. The number of ether oxygens (including phenoxy) is 2. The van der Waals surface area contributed by atoms with E-state index in [1.807, 2.05) is 11.0 Å². The highest BCUT2D eigenvalue weighted by molar-refractivity contribution is 5.86. The number of halogens is 2. The molecule has 1 unspecified atom stereocenters. The van der Waals surface area contributed by atoms with Gasteiger partial charge in [0, 0.05) is 11.8 Å². The van der Waals surface area contributed by atoms with Gasteiger partial charge in [-0.05, 0) is 65.8 Å². The van der Waals surface area contributed by atoms with Crippen molar-refractivity contribution in [2.75, 3.05) is 18.1 Å². The van der Waals surface area contributed by atoms with Crippen LogP contribution in [0.3, 0.4) is 0 Å². The molecule has 0 bridgehead atoms. The first-order valence-corrected chi connectivity index (χ1v) is 12.6. The third-order valence-electron chi connectivity index (χ3n) is 6.91. The molecule has 0 saturated heterocycles. The minimum absolute atomic E-state index is 0. The van der Waals surface area contributed by atoms with E-state index in [9.17, 15) is 9.18 Å². The molecule has 4 aromatic carbocycles. The number of aliphatic carboxylic acids is 1. The molecule has 0 aromatic heterocycles. The average Bonchev–Trinajstić information content (AvgIpc) is 2.91. The Morgan fingerprint density at radius 1 is 1.08 bits per heavy atom. The van der Waals surface area contributed by atoms with Gasteiger partial charge in [0.2, 0.25) is 0 Å². The van der Waals surface area contributed by atoms with E-state index in [4.69, 9.17) is 14.6 Å². The summed E-state index contributed by atoms with van der Waals surface area (Å²) in [5, 5.41) is 11.5. The number of para-hydroxylation sites is 1. The molecule has 0 amide bonds. The number of carbonyl (C=O) groups is 1. The summed E-state index contributed by atoms with van der Waals surface area (Å²) >= 11 is 0. The maximum absolute atomic E-state index is 14.9. The molecule has 1 N–H and O–H groups in total. The van der Waals surface area contributed by atoms with Crippen molar-refractivity contribution in [3.8, 4) is 11.5 Å². The monoisotopic (exact) mass is 535 g/mol. The zero-order valence-electron chi connectivity index (χ0n) is 21.2. The van der Waals surface area contributed by atoms with Crippen LogP contribution in [-0.2, 0) is 4.79 Å². The number of hydrogen-bond acceptors (Lipinski definition) is 4. The van der Waals surface area contributed by atoms with Gasteiger partial charge >= 0.3 is 5.97 Å². The Balaban J connectivity index is 0.00000336. The molecular weight excluding hydrogens is 505 g/mol. The van der Waals surface area contributed by atoms with Gasteiger partial charge in [-0.2, -0.15) is 0 Å². The molecule has 1 aliphatic heterocycles. The number of carboxylic acids is 1. The van der Waals surface area contributed by atoms with E-state index in [0.29, 0.717) is 29.6 Å². The Hall–Kier alpha value is -3.77. The summed E-state index contributed by atoms with van der Waals surface area (Å²) in [6.07, 6.45) is 2.70. The molecule has 1 aliphatic rings. The van der Waals surface area contributed by atoms with Crippen molar-refractivity contribution in [1.29, 1.82) is 0 Å². The van der Waals surface area contributed by atoms with Gasteiger partial charge in [-0.1, -0.05) is 61.5 Å². The Kier molecular flexibility index (Phi) is 8.74. The standard InChI is InChI=1S/C31H30FNO4.ClH/c1-21(26-15-5-10-22-9-2-3-14-27(22)26)8-4-13-25-19-33(31-28(32)16-7-17-29(31)37-25)23-11-6-12-24(18-23)36-20-30(34)35;/h2-3,5-7,9-12,14-18,21,25H,4,8,13,19-20H2,1H3,(H,34,35);1H/t21-,25?;/m0./s1. The van der Waals surface area contributed by atoms with Crippen LogP contribution in [0, 0.1) is 5.82 Å². The Bertz CT molecular complexity index is 1410.